The fourth-order valence-corrected chi connectivity index (χ4v) is 2.45. The Hall–Kier alpha value is -0.260. The molecule has 0 aromatic heterocycles. The molecule has 0 radical (unpaired) electrons. The third-order valence-corrected chi connectivity index (χ3v) is 3.63. The van der Waals surface area contributed by atoms with E-state index >= 15 is 0 Å². The Balaban J connectivity index is 3.86. The van der Waals surface area contributed by atoms with E-state index in [2.05, 4.69) is 18.6 Å². The first-order chi connectivity index (χ1) is 7.51. The average Bonchev–Trinajstić information content (AvgIpc) is 2.22. The quantitative estimate of drug-likeness (QED) is 0.628. The summed E-state index contributed by atoms with van der Waals surface area (Å²) in [5.74, 6) is 0.941. The topological polar surface area (TPSA) is 72.5 Å². The van der Waals surface area contributed by atoms with Crippen LogP contribution in [0.2, 0.25) is 0 Å². The molecular formula is C11H23NO3S. The van der Waals surface area contributed by atoms with Crippen molar-refractivity contribution in [3.63, 3.8) is 0 Å². The summed E-state index contributed by atoms with van der Waals surface area (Å²) in [6.07, 6.45) is 1.25. The van der Waals surface area contributed by atoms with Crippen molar-refractivity contribution in [2.45, 2.75) is 38.0 Å². The number of thioether (sulfide) groups is 1. The van der Waals surface area contributed by atoms with E-state index in [9.17, 15) is 9.90 Å². The third-order valence-electron chi connectivity index (χ3n) is 2.27. The molecule has 3 N–H and O–H groups in total. The molecule has 0 saturated carbocycles. The van der Waals surface area contributed by atoms with Gasteiger partial charge in [0.2, 0.25) is 0 Å². The van der Waals surface area contributed by atoms with Gasteiger partial charge < -0.3 is 15.6 Å². The number of methoxy groups -OCH3 is 1. The van der Waals surface area contributed by atoms with Gasteiger partial charge in [0.25, 0.3) is 0 Å². The predicted octanol–water partition coefficient (Wildman–Crippen LogP) is 1.02. The molecule has 2 atom stereocenters. The number of nitrogens with two attached hydrogens (primary N) is 1. The van der Waals surface area contributed by atoms with E-state index < -0.39 is 0 Å². The standard InChI is InChI=1S/C11H23NO3S/c1-8(2)6-9(12)10(7-13)16-5-4-11(14)15-3/h8-10,13H,4-7,12H2,1-3H3. The summed E-state index contributed by atoms with van der Waals surface area (Å²) in [6, 6.07) is -0.0207. The fourth-order valence-electron chi connectivity index (χ4n) is 1.40. The molecule has 0 aliphatic heterocycles. The van der Waals surface area contributed by atoms with Gasteiger partial charge in [-0.1, -0.05) is 13.8 Å². The Morgan fingerprint density at radius 3 is 2.56 bits per heavy atom. The lowest BCUT2D eigenvalue weighted by molar-refractivity contribution is -0.140. The highest BCUT2D eigenvalue weighted by Gasteiger charge is 2.18. The van der Waals surface area contributed by atoms with Crippen LogP contribution < -0.4 is 5.73 Å². The molecule has 0 aromatic carbocycles. The number of esters is 1. The Bertz CT molecular complexity index is 200. The predicted molar refractivity (Wildman–Crippen MR) is 67.4 cm³/mol. The molecule has 0 amide bonds. The van der Waals surface area contributed by atoms with Crippen LogP contribution in [0.1, 0.15) is 26.7 Å². The highest BCUT2D eigenvalue weighted by molar-refractivity contribution is 8.00. The van der Waals surface area contributed by atoms with Gasteiger partial charge in [0.05, 0.1) is 20.1 Å². The van der Waals surface area contributed by atoms with Crippen molar-refractivity contribution in [1.82, 2.24) is 0 Å². The lowest BCUT2D eigenvalue weighted by Gasteiger charge is -2.22. The lowest BCUT2D eigenvalue weighted by Crippen LogP contribution is -2.36. The van der Waals surface area contributed by atoms with Crippen molar-refractivity contribution in [1.29, 1.82) is 0 Å². The van der Waals surface area contributed by atoms with Crippen molar-refractivity contribution in [2.75, 3.05) is 19.5 Å². The van der Waals surface area contributed by atoms with Crippen LogP contribution in [-0.2, 0) is 9.53 Å². The Morgan fingerprint density at radius 1 is 1.50 bits per heavy atom. The van der Waals surface area contributed by atoms with Crippen molar-refractivity contribution in [3.05, 3.63) is 0 Å². The highest BCUT2D eigenvalue weighted by Crippen LogP contribution is 2.19. The number of aliphatic hydroxyl groups excluding tert-OH is 1. The second kappa shape index (κ2) is 8.84. The summed E-state index contributed by atoms with van der Waals surface area (Å²) in [5, 5.41) is 9.22. The molecule has 0 aromatic rings. The van der Waals surface area contributed by atoms with Crippen LogP contribution in [0.5, 0.6) is 0 Å². The summed E-state index contributed by atoms with van der Waals surface area (Å²) in [6.45, 7) is 4.26. The number of carbonyl (C=O) groups excluding carboxylic acids is 1. The minimum Gasteiger partial charge on any atom is -0.469 e. The van der Waals surface area contributed by atoms with Crippen LogP contribution in [0, 0.1) is 5.92 Å². The van der Waals surface area contributed by atoms with Crippen LogP contribution in [0.4, 0.5) is 0 Å². The van der Waals surface area contributed by atoms with Gasteiger partial charge in [-0.2, -0.15) is 11.8 Å². The van der Waals surface area contributed by atoms with E-state index in [4.69, 9.17) is 5.73 Å². The number of rotatable bonds is 8. The van der Waals surface area contributed by atoms with Crippen molar-refractivity contribution in [2.24, 2.45) is 11.7 Å². The Labute approximate surface area is 102 Å². The summed E-state index contributed by atoms with van der Waals surface area (Å²) < 4.78 is 4.54. The number of hydrogen-bond acceptors (Lipinski definition) is 5. The molecule has 0 aliphatic carbocycles. The molecule has 2 unspecified atom stereocenters. The van der Waals surface area contributed by atoms with Gasteiger partial charge in [-0.05, 0) is 12.3 Å². The summed E-state index contributed by atoms with van der Waals surface area (Å²) in [5.41, 5.74) is 5.98. The molecule has 0 rings (SSSR count). The lowest BCUT2D eigenvalue weighted by atomic mass is 10.0. The molecule has 0 spiro atoms. The molecule has 96 valence electrons. The third kappa shape index (κ3) is 7.09. The minimum atomic E-state index is -0.221. The average molecular weight is 249 g/mol. The van der Waals surface area contributed by atoms with Gasteiger partial charge in [-0.15, -0.1) is 0 Å². The summed E-state index contributed by atoms with van der Waals surface area (Å²) >= 11 is 1.54. The minimum absolute atomic E-state index is 0.00653. The molecule has 0 saturated heterocycles. The van der Waals surface area contributed by atoms with Gasteiger partial charge in [0.15, 0.2) is 0 Å². The second-order valence-electron chi connectivity index (χ2n) is 4.21. The number of carbonyl (C=O) groups is 1. The monoisotopic (exact) mass is 249 g/mol. The largest absolute Gasteiger partial charge is 0.469 e. The van der Waals surface area contributed by atoms with Gasteiger partial charge in [-0.3, -0.25) is 4.79 Å². The first-order valence-corrected chi connectivity index (χ1v) is 6.61. The van der Waals surface area contributed by atoms with Crippen LogP contribution in [0.25, 0.3) is 0 Å². The first-order valence-electron chi connectivity index (χ1n) is 5.56. The Kier molecular flexibility index (Phi) is 8.70. The first kappa shape index (κ1) is 15.7. The van der Waals surface area contributed by atoms with Crippen LogP contribution in [0.15, 0.2) is 0 Å². The Morgan fingerprint density at radius 2 is 2.12 bits per heavy atom. The van der Waals surface area contributed by atoms with Crippen molar-refractivity contribution < 1.29 is 14.6 Å². The van der Waals surface area contributed by atoms with Gasteiger partial charge in [0, 0.05) is 17.0 Å². The zero-order valence-electron chi connectivity index (χ0n) is 10.3. The van der Waals surface area contributed by atoms with Crippen LogP contribution >= 0.6 is 11.8 Å². The molecular weight excluding hydrogens is 226 g/mol. The maximum absolute atomic E-state index is 10.9. The maximum Gasteiger partial charge on any atom is 0.306 e. The molecule has 0 aliphatic rings. The van der Waals surface area contributed by atoms with Crippen LogP contribution in [0.3, 0.4) is 0 Å². The van der Waals surface area contributed by atoms with E-state index in [0.717, 1.165) is 6.42 Å². The normalized spacial score (nSPS) is 14.9. The molecule has 0 bridgehead atoms. The molecule has 4 nitrogen and oxygen atoms in total. The van der Waals surface area contributed by atoms with Crippen LogP contribution in [-0.4, -0.2) is 41.8 Å². The SMILES string of the molecule is COC(=O)CCSC(CO)C(N)CC(C)C. The zero-order chi connectivity index (χ0) is 12.6. The molecule has 0 fully saturated rings. The van der Waals surface area contributed by atoms with Crippen molar-refractivity contribution >= 4 is 17.7 Å². The fraction of sp³-hybridized carbons (Fsp3) is 0.909. The summed E-state index contributed by atoms with van der Waals surface area (Å²) in [4.78, 5) is 10.9. The van der Waals surface area contributed by atoms with E-state index in [0.29, 0.717) is 18.1 Å². The molecule has 5 heteroatoms. The second-order valence-corrected chi connectivity index (χ2v) is 5.56. The summed E-state index contributed by atoms with van der Waals surface area (Å²) in [7, 11) is 1.38. The van der Waals surface area contributed by atoms with Gasteiger partial charge in [-0.25, -0.2) is 0 Å². The molecule has 16 heavy (non-hydrogen) atoms. The number of ether oxygens (including phenoxy) is 1. The van der Waals surface area contributed by atoms with Crippen molar-refractivity contribution in [3.8, 4) is 0 Å². The van der Waals surface area contributed by atoms with Gasteiger partial charge in [0.1, 0.15) is 0 Å². The number of hydrogen-bond donors (Lipinski definition) is 2. The van der Waals surface area contributed by atoms with E-state index in [1.165, 1.54) is 18.9 Å². The maximum atomic E-state index is 10.9. The van der Waals surface area contributed by atoms with Gasteiger partial charge >= 0.3 is 5.97 Å². The molecule has 0 heterocycles. The number of aliphatic hydroxyl groups is 1. The smallest absolute Gasteiger partial charge is 0.306 e. The highest BCUT2D eigenvalue weighted by atomic mass is 32.2. The van der Waals surface area contributed by atoms with E-state index in [1.54, 1.807) is 0 Å². The zero-order valence-corrected chi connectivity index (χ0v) is 11.1. The van der Waals surface area contributed by atoms with E-state index in [1.807, 2.05) is 0 Å². The van der Waals surface area contributed by atoms with E-state index in [-0.39, 0.29) is 23.9 Å².